The molecule has 0 aliphatic rings. The van der Waals surface area contributed by atoms with Gasteiger partial charge in [0.15, 0.2) is 16.1 Å². The van der Waals surface area contributed by atoms with Gasteiger partial charge in [-0.05, 0) is 37.3 Å². The average molecular weight is 488 g/mol. The molecule has 0 spiro atoms. The number of ether oxygens (including phenoxy) is 1. The molecule has 0 unspecified atom stereocenters. The van der Waals surface area contributed by atoms with Gasteiger partial charge >= 0.3 is 0 Å². The minimum absolute atomic E-state index is 0.155. The fourth-order valence-corrected chi connectivity index (χ4v) is 5.11. The van der Waals surface area contributed by atoms with E-state index >= 15 is 0 Å². The Morgan fingerprint density at radius 1 is 1.03 bits per heavy atom. The minimum atomic E-state index is -0.155. The highest BCUT2D eigenvalue weighted by molar-refractivity contribution is 7.99. The smallest absolute Gasteiger partial charge is 0.236 e. The van der Waals surface area contributed by atoms with E-state index in [0.29, 0.717) is 16.9 Å². The molecule has 1 N–H and O–H groups in total. The standard InChI is InChI=1S/C25H21N5O2S2/c1-2-32-19-13-14-20-21(15-19)34-24(26-20)27-22(31)16-33-25-29-28-23(17-9-5-3-6-10-17)30(25)18-11-7-4-8-12-18/h3-15H,2,16H2,1H3,(H,26,27,31). The maximum absolute atomic E-state index is 12.7. The van der Waals surface area contributed by atoms with E-state index in [-0.39, 0.29) is 11.7 Å². The van der Waals surface area contributed by atoms with Gasteiger partial charge in [0, 0.05) is 11.3 Å². The summed E-state index contributed by atoms with van der Waals surface area (Å²) in [5, 5.41) is 12.9. The molecule has 2 heterocycles. The van der Waals surface area contributed by atoms with Crippen LogP contribution in [0.3, 0.4) is 0 Å². The van der Waals surface area contributed by atoms with E-state index in [2.05, 4.69) is 20.5 Å². The van der Waals surface area contributed by atoms with Gasteiger partial charge in [0.2, 0.25) is 5.91 Å². The number of fused-ring (bicyclic) bond motifs is 1. The Hall–Kier alpha value is -3.69. The van der Waals surface area contributed by atoms with E-state index in [4.69, 9.17) is 4.74 Å². The molecule has 3 aromatic carbocycles. The van der Waals surface area contributed by atoms with Crippen LogP contribution < -0.4 is 10.1 Å². The predicted octanol–water partition coefficient (Wildman–Crippen LogP) is 5.67. The molecule has 5 aromatic rings. The van der Waals surface area contributed by atoms with Crippen molar-refractivity contribution in [1.82, 2.24) is 19.7 Å². The van der Waals surface area contributed by atoms with Gasteiger partial charge in [-0.25, -0.2) is 4.98 Å². The summed E-state index contributed by atoms with van der Waals surface area (Å²) in [5.41, 5.74) is 2.72. The van der Waals surface area contributed by atoms with Crippen LogP contribution in [0.5, 0.6) is 5.75 Å². The Morgan fingerprint density at radius 3 is 2.56 bits per heavy atom. The SMILES string of the molecule is CCOc1ccc2nc(NC(=O)CSc3nnc(-c4ccccc4)n3-c3ccccc3)sc2c1. The van der Waals surface area contributed by atoms with Gasteiger partial charge < -0.3 is 10.1 Å². The lowest BCUT2D eigenvalue weighted by atomic mass is 10.2. The van der Waals surface area contributed by atoms with Crippen LogP contribution in [-0.4, -0.2) is 38.0 Å². The van der Waals surface area contributed by atoms with Gasteiger partial charge in [-0.3, -0.25) is 9.36 Å². The molecular weight excluding hydrogens is 466 g/mol. The Morgan fingerprint density at radius 2 is 1.79 bits per heavy atom. The number of nitrogens with one attached hydrogen (secondary N) is 1. The van der Waals surface area contributed by atoms with Crippen LogP contribution in [0.1, 0.15) is 6.92 Å². The average Bonchev–Trinajstić information content (AvgIpc) is 3.47. The maximum atomic E-state index is 12.7. The first-order valence-corrected chi connectivity index (χ1v) is 12.5. The van der Waals surface area contributed by atoms with Crippen molar-refractivity contribution in [2.24, 2.45) is 0 Å². The fourth-order valence-electron chi connectivity index (χ4n) is 3.45. The second-order valence-corrected chi connectivity index (χ2v) is 9.23. The molecule has 5 rings (SSSR count). The van der Waals surface area contributed by atoms with Crippen molar-refractivity contribution in [3.8, 4) is 22.8 Å². The first kappa shape index (κ1) is 22.1. The number of para-hydroxylation sites is 1. The Labute approximate surface area is 204 Å². The van der Waals surface area contributed by atoms with Crippen LogP contribution in [0.2, 0.25) is 0 Å². The first-order chi connectivity index (χ1) is 16.7. The normalized spacial score (nSPS) is 11.0. The number of carbonyl (C=O) groups excluding carboxylic acids is 1. The highest BCUT2D eigenvalue weighted by atomic mass is 32.2. The zero-order valence-corrected chi connectivity index (χ0v) is 20.0. The summed E-state index contributed by atoms with van der Waals surface area (Å²) in [6.07, 6.45) is 0. The van der Waals surface area contributed by atoms with Gasteiger partial charge in [-0.15, -0.1) is 10.2 Å². The molecule has 1 amide bonds. The van der Waals surface area contributed by atoms with E-state index < -0.39 is 0 Å². The third-order valence-electron chi connectivity index (χ3n) is 4.93. The predicted molar refractivity (Wildman–Crippen MR) is 137 cm³/mol. The number of hydrogen-bond acceptors (Lipinski definition) is 7. The van der Waals surface area contributed by atoms with E-state index in [1.807, 2.05) is 90.4 Å². The van der Waals surface area contributed by atoms with Crippen LogP contribution in [0.25, 0.3) is 27.3 Å². The number of nitrogens with zero attached hydrogens (tertiary/aromatic N) is 4. The number of amides is 1. The first-order valence-electron chi connectivity index (χ1n) is 10.7. The zero-order chi connectivity index (χ0) is 23.3. The van der Waals surface area contributed by atoms with Gasteiger partial charge in [-0.2, -0.15) is 0 Å². The summed E-state index contributed by atoms with van der Waals surface area (Å²) in [6, 6.07) is 25.5. The number of thioether (sulfide) groups is 1. The number of anilines is 1. The molecular formula is C25H21N5O2S2. The summed E-state index contributed by atoms with van der Waals surface area (Å²) in [6.45, 7) is 2.55. The molecule has 34 heavy (non-hydrogen) atoms. The van der Waals surface area contributed by atoms with Crippen LogP contribution in [0, 0.1) is 0 Å². The molecule has 7 nitrogen and oxygen atoms in total. The van der Waals surface area contributed by atoms with Crippen LogP contribution in [0.4, 0.5) is 5.13 Å². The van der Waals surface area contributed by atoms with Gasteiger partial charge in [0.05, 0.1) is 22.6 Å². The fraction of sp³-hybridized carbons (Fsp3) is 0.120. The summed E-state index contributed by atoms with van der Waals surface area (Å²) in [5.74, 6) is 1.55. The van der Waals surface area contributed by atoms with Gasteiger partial charge in [-0.1, -0.05) is 71.6 Å². The quantitative estimate of drug-likeness (QED) is 0.284. The molecule has 0 bridgehead atoms. The summed E-state index contributed by atoms with van der Waals surface area (Å²) in [7, 11) is 0. The second kappa shape index (κ2) is 10.1. The van der Waals surface area contributed by atoms with Gasteiger partial charge in [0.1, 0.15) is 5.75 Å². The number of aromatic nitrogens is 4. The summed E-state index contributed by atoms with van der Waals surface area (Å²) in [4.78, 5) is 17.2. The van der Waals surface area contributed by atoms with E-state index in [9.17, 15) is 4.79 Å². The Kier molecular flexibility index (Phi) is 6.55. The van der Waals surface area contributed by atoms with E-state index in [0.717, 1.165) is 33.0 Å². The third kappa shape index (κ3) is 4.80. The number of rotatable bonds is 8. The molecule has 0 radical (unpaired) electrons. The molecule has 0 saturated heterocycles. The van der Waals surface area contributed by atoms with E-state index in [1.165, 1.54) is 23.1 Å². The van der Waals surface area contributed by atoms with Crippen molar-refractivity contribution in [3.05, 3.63) is 78.9 Å². The van der Waals surface area contributed by atoms with Crippen molar-refractivity contribution in [1.29, 1.82) is 0 Å². The zero-order valence-electron chi connectivity index (χ0n) is 18.3. The van der Waals surface area contributed by atoms with Crippen molar-refractivity contribution in [2.75, 3.05) is 17.7 Å². The lowest BCUT2D eigenvalue weighted by molar-refractivity contribution is -0.113. The molecule has 0 aliphatic carbocycles. The summed E-state index contributed by atoms with van der Waals surface area (Å²) >= 11 is 2.76. The van der Waals surface area contributed by atoms with Crippen LogP contribution in [0.15, 0.2) is 84.0 Å². The molecule has 0 saturated carbocycles. The number of carbonyl (C=O) groups is 1. The molecule has 0 aliphatic heterocycles. The largest absolute Gasteiger partial charge is 0.494 e. The maximum Gasteiger partial charge on any atom is 0.236 e. The highest BCUT2D eigenvalue weighted by Crippen LogP contribution is 2.30. The second-order valence-electron chi connectivity index (χ2n) is 7.26. The monoisotopic (exact) mass is 487 g/mol. The van der Waals surface area contributed by atoms with Crippen molar-refractivity contribution in [3.63, 3.8) is 0 Å². The Bertz CT molecular complexity index is 1420. The van der Waals surface area contributed by atoms with Crippen LogP contribution in [-0.2, 0) is 4.79 Å². The van der Waals surface area contributed by atoms with Crippen molar-refractivity contribution < 1.29 is 9.53 Å². The number of benzene rings is 3. The Balaban J connectivity index is 1.33. The third-order valence-corrected chi connectivity index (χ3v) is 6.79. The lowest BCUT2D eigenvalue weighted by Crippen LogP contribution is -2.14. The topological polar surface area (TPSA) is 81.9 Å². The number of thiazole rings is 1. The minimum Gasteiger partial charge on any atom is -0.494 e. The lowest BCUT2D eigenvalue weighted by Gasteiger charge is -2.10. The molecule has 170 valence electrons. The highest BCUT2D eigenvalue weighted by Gasteiger charge is 2.17. The summed E-state index contributed by atoms with van der Waals surface area (Å²) < 4.78 is 8.48. The van der Waals surface area contributed by atoms with Crippen molar-refractivity contribution >= 4 is 44.4 Å². The molecule has 0 atom stereocenters. The van der Waals surface area contributed by atoms with Crippen LogP contribution >= 0.6 is 23.1 Å². The number of hydrogen-bond donors (Lipinski definition) is 1. The van der Waals surface area contributed by atoms with Gasteiger partial charge in [0.25, 0.3) is 0 Å². The molecule has 2 aromatic heterocycles. The van der Waals surface area contributed by atoms with Crippen molar-refractivity contribution in [2.45, 2.75) is 12.1 Å². The van der Waals surface area contributed by atoms with E-state index in [1.54, 1.807) is 0 Å². The molecule has 0 fully saturated rings. The molecule has 9 heteroatoms.